The third kappa shape index (κ3) is 3.51. The van der Waals surface area contributed by atoms with Gasteiger partial charge in [-0.25, -0.2) is 0 Å². The van der Waals surface area contributed by atoms with E-state index in [1.165, 1.54) is 5.56 Å². The van der Waals surface area contributed by atoms with Crippen LogP contribution >= 0.6 is 0 Å². The van der Waals surface area contributed by atoms with E-state index in [-0.39, 0.29) is 11.9 Å². The van der Waals surface area contributed by atoms with Crippen molar-refractivity contribution in [2.75, 3.05) is 0 Å². The molecule has 3 rings (SSSR count). The topological polar surface area (TPSA) is 36.1 Å². The molecule has 1 heterocycles. The molecule has 0 unspecified atom stereocenters. The predicted octanol–water partition coefficient (Wildman–Crippen LogP) is 4.54. The van der Waals surface area contributed by atoms with Crippen LogP contribution in [0.4, 0.5) is 0 Å². The lowest BCUT2D eigenvalue weighted by Crippen LogP contribution is -2.38. The molecule has 1 aromatic heterocycles. The maximum absolute atomic E-state index is 13.0. The second-order valence-electron chi connectivity index (χ2n) is 6.30. The smallest absolute Gasteiger partial charge is 0.227 e. The van der Waals surface area contributed by atoms with E-state index in [1.807, 2.05) is 47.5 Å². The number of benzene rings is 2. The number of hydrogen-bond donors (Lipinski definition) is 1. The Morgan fingerprint density at radius 3 is 2.54 bits per heavy atom. The molecule has 0 saturated carbocycles. The van der Waals surface area contributed by atoms with Crippen LogP contribution in [0.5, 0.6) is 0 Å². The van der Waals surface area contributed by atoms with E-state index in [0.717, 1.165) is 22.9 Å². The van der Waals surface area contributed by atoms with Crippen molar-refractivity contribution < 1.29 is 4.79 Å². The van der Waals surface area contributed by atoms with Crippen LogP contribution in [-0.2, 0) is 17.8 Å². The number of H-pyrrole nitrogens is 1. The summed E-state index contributed by atoms with van der Waals surface area (Å²) in [5, 5.41) is 1.13. The van der Waals surface area contributed by atoms with Gasteiger partial charge in [-0.15, -0.1) is 0 Å². The summed E-state index contributed by atoms with van der Waals surface area (Å²) in [6.45, 7) is 4.91. The number of aromatic nitrogens is 1. The van der Waals surface area contributed by atoms with Crippen molar-refractivity contribution in [3.8, 4) is 0 Å². The number of fused-ring (bicyclic) bond motifs is 1. The molecule has 3 heteroatoms. The van der Waals surface area contributed by atoms with Gasteiger partial charge in [-0.1, -0.05) is 55.5 Å². The van der Waals surface area contributed by atoms with Crippen LogP contribution in [0.15, 0.2) is 60.8 Å². The van der Waals surface area contributed by atoms with E-state index in [1.54, 1.807) is 0 Å². The van der Waals surface area contributed by atoms with Crippen molar-refractivity contribution in [3.05, 3.63) is 71.9 Å². The summed E-state index contributed by atoms with van der Waals surface area (Å²) in [5.74, 6) is 0.179. The standard InChI is InChI=1S/C21H24N2O/c1-3-16(2)23(15-17-9-5-4-6-10-17)21(24)13-18-14-22-20-12-8-7-11-19(18)20/h4-12,14,16,22H,3,13,15H2,1-2H3/t16-/m1/s1. The zero-order chi connectivity index (χ0) is 16.9. The molecule has 0 saturated heterocycles. The zero-order valence-electron chi connectivity index (χ0n) is 14.3. The van der Waals surface area contributed by atoms with Crippen molar-refractivity contribution >= 4 is 16.8 Å². The van der Waals surface area contributed by atoms with Gasteiger partial charge in [-0.05, 0) is 30.5 Å². The number of nitrogens with one attached hydrogen (secondary N) is 1. The Bertz CT molecular complexity index is 807. The van der Waals surface area contributed by atoms with Gasteiger partial charge in [0.25, 0.3) is 0 Å². The molecule has 0 fully saturated rings. The molecule has 2 aromatic carbocycles. The predicted molar refractivity (Wildman–Crippen MR) is 98.7 cm³/mol. The van der Waals surface area contributed by atoms with Crippen molar-refractivity contribution in [1.29, 1.82) is 0 Å². The molecule has 0 aliphatic heterocycles. The number of aromatic amines is 1. The van der Waals surface area contributed by atoms with Crippen molar-refractivity contribution in [2.24, 2.45) is 0 Å². The summed E-state index contributed by atoms with van der Waals surface area (Å²) in [5.41, 5.74) is 3.32. The summed E-state index contributed by atoms with van der Waals surface area (Å²) >= 11 is 0. The largest absolute Gasteiger partial charge is 0.361 e. The molecular weight excluding hydrogens is 296 g/mol. The maximum atomic E-state index is 13.0. The molecule has 0 aliphatic carbocycles. The van der Waals surface area contributed by atoms with Crippen LogP contribution in [0.3, 0.4) is 0 Å². The van der Waals surface area contributed by atoms with Crippen LogP contribution < -0.4 is 0 Å². The molecular formula is C21H24N2O. The van der Waals surface area contributed by atoms with Gasteiger partial charge in [0.15, 0.2) is 0 Å². The van der Waals surface area contributed by atoms with Gasteiger partial charge in [0.2, 0.25) is 5.91 Å². The minimum absolute atomic E-state index is 0.179. The highest BCUT2D eigenvalue weighted by atomic mass is 16.2. The lowest BCUT2D eigenvalue weighted by Gasteiger charge is -2.29. The van der Waals surface area contributed by atoms with E-state index < -0.39 is 0 Å². The number of amides is 1. The molecule has 1 N–H and O–H groups in total. The summed E-state index contributed by atoms with van der Waals surface area (Å²) in [6, 6.07) is 18.6. The summed E-state index contributed by atoms with van der Waals surface area (Å²) in [7, 11) is 0. The zero-order valence-corrected chi connectivity index (χ0v) is 14.3. The first-order chi connectivity index (χ1) is 11.7. The van der Waals surface area contributed by atoms with E-state index in [2.05, 4.69) is 37.0 Å². The Morgan fingerprint density at radius 2 is 1.79 bits per heavy atom. The molecule has 24 heavy (non-hydrogen) atoms. The van der Waals surface area contributed by atoms with Crippen LogP contribution in [0.2, 0.25) is 0 Å². The van der Waals surface area contributed by atoms with E-state index >= 15 is 0 Å². The van der Waals surface area contributed by atoms with Crippen LogP contribution in [0.25, 0.3) is 10.9 Å². The van der Waals surface area contributed by atoms with Crippen LogP contribution in [0, 0.1) is 0 Å². The van der Waals surface area contributed by atoms with Crippen LogP contribution in [0.1, 0.15) is 31.4 Å². The molecule has 0 bridgehead atoms. The average Bonchev–Trinajstić information content (AvgIpc) is 3.03. The van der Waals surface area contributed by atoms with Gasteiger partial charge in [0, 0.05) is 29.7 Å². The number of nitrogens with zero attached hydrogens (tertiary/aromatic N) is 1. The Hall–Kier alpha value is -2.55. The SMILES string of the molecule is CC[C@@H](C)N(Cc1ccccc1)C(=O)Cc1c[nH]c2ccccc12. The molecule has 3 aromatic rings. The number of hydrogen-bond acceptors (Lipinski definition) is 1. The third-order valence-corrected chi connectivity index (χ3v) is 4.66. The Balaban J connectivity index is 1.80. The Labute approximate surface area is 143 Å². The second-order valence-corrected chi connectivity index (χ2v) is 6.30. The Morgan fingerprint density at radius 1 is 1.08 bits per heavy atom. The molecule has 1 amide bonds. The number of para-hydroxylation sites is 1. The minimum Gasteiger partial charge on any atom is -0.361 e. The average molecular weight is 320 g/mol. The van der Waals surface area contributed by atoms with Gasteiger partial charge < -0.3 is 9.88 Å². The van der Waals surface area contributed by atoms with Crippen molar-refractivity contribution in [3.63, 3.8) is 0 Å². The van der Waals surface area contributed by atoms with E-state index in [9.17, 15) is 4.79 Å². The van der Waals surface area contributed by atoms with E-state index in [0.29, 0.717) is 13.0 Å². The molecule has 1 atom stereocenters. The van der Waals surface area contributed by atoms with Gasteiger partial charge in [0.05, 0.1) is 6.42 Å². The first-order valence-electron chi connectivity index (χ1n) is 8.57. The molecule has 0 radical (unpaired) electrons. The van der Waals surface area contributed by atoms with E-state index in [4.69, 9.17) is 0 Å². The first kappa shape index (κ1) is 16.3. The van der Waals surface area contributed by atoms with Crippen molar-refractivity contribution in [1.82, 2.24) is 9.88 Å². The maximum Gasteiger partial charge on any atom is 0.227 e. The van der Waals surface area contributed by atoms with Crippen molar-refractivity contribution in [2.45, 2.75) is 39.3 Å². The third-order valence-electron chi connectivity index (χ3n) is 4.66. The highest BCUT2D eigenvalue weighted by molar-refractivity contribution is 5.89. The minimum atomic E-state index is 0.179. The number of carbonyl (C=O) groups is 1. The molecule has 3 nitrogen and oxygen atoms in total. The molecule has 0 spiro atoms. The lowest BCUT2D eigenvalue weighted by atomic mass is 10.1. The van der Waals surface area contributed by atoms with Gasteiger partial charge in [-0.2, -0.15) is 0 Å². The summed E-state index contributed by atoms with van der Waals surface area (Å²) in [6.07, 6.45) is 3.34. The fourth-order valence-corrected chi connectivity index (χ4v) is 3.03. The Kier molecular flexibility index (Phi) is 4.99. The van der Waals surface area contributed by atoms with Gasteiger partial charge in [-0.3, -0.25) is 4.79 Å². The highest BCUT2D eigenvalue weighted by Gasteiger charge is 2.20. The lowest BCUT2D eigenvalue weighted by molar-refractivity contribution is -0.133. The highest BCUT2D eigenvalue weighted by Crippen LogP contribution is 2.20. The fourth-order valence-electron chi connectivity index (χ4n) is 3.03. The van der Waals surface area contributed by atoms with Gasteiger partial charge in [0.1, 0.15) is 0 Å². The normalized spacial score (nSPS) is 12.2. The summed E-state index contributed by atoms with van der Waals surface area (Å²) in [4.78, 5) is 18.2. The fraction of sp³-hybridized carbons (Fsp3) is 0.286. The van der Waals surface area contributed by atoms with Gasteiger partial charge >= 0.3 is 0 Å². The molecule has 124 valence electrons. The number of rotatable bonds is 6. The monoisotopic (exact) mass is 320 g/mol. The number of carbonyl (C=O) groups excluding carboxylic acids is 1. The quantitative estimate of drug-likeness (QED) is 0.711. The van der Waals surface area contributed by atoms with Crippen LogP contribution in [-0.4, -0.2) is 21.8 Å². The first-order valence-corrected chi connectivity index (χ1v) is 8.57. The summed E-state index contributed by atoms with van der Waals surface area (Å²) < 4.78 is 0. The molecule has 0 aliphatic rings. The second kappa shape index (κ2) is 7.35.